The molecule has 0 aliphatic heterocycles. The SMILES string of the molecule is C=CCn1c(=NC(=O)c2ccc(OCCCC)cc2)sc2cccc(F)c21. The smallest absolute Gasteiger partial charge is 0.279 e. The summed E-state index contributed by atoms with van der Waals surface area (Å²) in [5.41, 5.74) is 0.898. The molecule has 4 nitrogen and oxygen atoms in total. The molecule has 0 radical (unpaired) electrons. The van der Waals surface area contributed by atoms with Crippen molar-refractivity contribution < 1.29 is 13.9 Å². The van der Waals surface area contributed by atoms with Gasteiger partial charge in [0.25, 0.3) is 5.91 Å². The molecular weight excluding hydrogens is 363 g/mol. The number of carbonyl (C=O) groups is 1. The number of amides is 1. The van der Waals surface area contributed by atoms with E-state index in [1.165, 1.54) is 17.4 Å². The van der Waals surface area contributed by atoms with Crippen LogP contribution in [-0.2, 0) is 6.54 Å². The molecule has 0 N–H and O–H groups in total. The van der Waals surface area contributed by atoms with E-state index in [-0.39, 0.29) is 11.7 Å². The van der Waals surface area contributed by atoms with Crippen molar-refractivity contribution in [2.45, 2.75) is 26.3 Å². The quantitative estimate of drug-likeness (QED) is 0.427. The molecule has 0 aliphatic carbocycles. The molecule has 0 aliphatic rings. The zero-order valence-corrected chi connectivity index (χ0v) is 16.0. The molecule has 0 unspecified atom stereocenters. The van der Waals surface area contributed by atoms with Crippen LogP contribution in [0.15, 0.2) is 60.1 Å². The van der Waals surface area contributed by atoms with Crippen molar-refractivity contribution >= 4 is 27.5 Å². The van der Waals surface area contributed by atoms with E-state index < -0.39 is 0 Å². The first kappa shape index (κ1) is 19.0. The normalized spacial score (nSPS) is 11.7. The fourth-order valence-electron chi connectivity index (χ4n) is 2.65. The number of aromatic nitrogens is 1. The molecule has 0 bridgehead atoms. The van der Waals surface area contributed by atoms with Crippen molar-refractivity contribution in [1.29, 1.82) is 0 Å². The van der Waals surface area contributed by atoms with Crippen molar-refractivity contribution in [3.05, 3.63) is 71.3 Å². The Labute approximate surface area is 161 Å². The third-order valence-corrected chi connectivity index (χ3v) is 5.07. The monoisotopic (exact) mass is 384 g/mol. The molecule has 2 aromatic carbocycles. The van der Waals surface area contributed by atoms with Gasteiger partial charge in [-0.05, 0) is 42.8 Å². The first-order valence-corrected chi connectivity index (χ1v) is 9.66. The number of fused-ring (bicyclic) bond motifs is 1. The van der Waals surface area contributed by atoms with Crippen LogP contribution < -0.4 is 9.54 Å². The first-order valence-electron chi connectivity index (χ1n) is 8.84. The van der Waals surface area contributed by atoms with Crippen molar-refractivity contribution in [2.75, 3.05) is 6.61 Å². The number of rotatable bonds is 7. The lowest BCUT2D eigenvalue weighted by Crippen LogP contribution is -2.16. The van der Waals surface area contributed by atoms with Gasteiger partial charge in [0.1, 0.15) is 11.6 Å². The van der Waals surface area contributed by atoms with Gasteiger partial charge in [-0.25, -0.2) is 4.39 Å². The van der Waals surface area contributed by atoms with Gasteiger partial charge in [-0.3, -0.25) is 4.79 Å². The Bertz CT molecular complexity index is 1020. The largest absolute Gasteiger partial charge is 0.494 e. The van der Waals surface area contributed by atoms with Crippen LogP contribution in [0.4, 0.5) is 4.39 Å². The standard InChI is InChI=1S/C21H21FN2O2S/c1-3-5-14-26-16-11-9-15(10-12-16)20(25)23-21-24(13-4-2)19-17(22)7-6-8-18(19)27-21/h4,6-12H,2-3,5,13-14H2,1H3. The van der Waals surface area contributed by atoms with Crippen LogP contribution in [-0.4, -0.2) is 17.1 Å². The van der Waals surface area contributed by atoms with Gasteiger partial charge < -0.3 is 9.30 Å². The molecule has 1 amide bonds. The maximum absolute atomic E-state index is 14.2. The minimum Gasteiger partial charge on any atom is -0.494 e. The maximum Gasteiger partial charge on any atom is 0.279 e. The Morgan fingerprint density at radius 2 is 2.07 bits per heavy atom. The molecule has 1 aromatic heterocycles. The van der Waals surface area contributed by atoms with Crippen LogP contribution >= 0.6 is 11.3 Å². The number of hydrogen-bond acceptors (Lipinski definition) is 3. The van der Waals surface area contributed by atoms with Gasteiger partial charge in [0, 0.05) is 12.1 Å². The zero-order chi connectivity index (χ0) is 19.2. The summed E-state index contributed by atoms with van der Waals surface area (Å²) in [6, 6.07) is 11.8. The second-order valence-corrected chi connectivity index (χ2v) is 7.02. The first-order chi connectivity index (χ1) is 13.1. The van der Waals surface area contributed by atoms with Gasteiger partial charge in [0.15, 0.2) is 4.80 Å². The third-order valence-electron chi connectivity index (χ3n) is 4.03. The highest BCUT2D eigenvalue weighted by molar-refractivity contribution is 7.16. The lowest BCUT2D eigenvalue weighted by atomic mass is 10.2. The summed E-state index contributed by atoms with van der Waals surface area (Å²) in [6.45, 7) is 6.84. The Hall–Kier alpha value is -2.73. The molecule has 0 atom stereocenters. The zero-order valence-electron chi connectivity index (χ0n) is 15.2. The van der Waals surface area contributed by atoms with E-state index in [0.29, 0.717) is 29.0 Å². The molecule has 0 fully saturated rings. The second kappa shape index (κ2) is 8.77. The van der Waals surface area contributed by atoms with Gasteiger partial charge in [-0.15, -0.1) is 6.58 Å². The van der Waals surface area contributed by atoms with Gasteiger partial charge in [0.05, 0.1) is 16.8 Å². The topological polar surface area (TPSA) is 43.6 Å². The summed E-state index contributed by atoms with van der Waals surface area (Å²) in [4.78, 5) is 17.2. The summed E-state index contributed by atoms with van der Waals surface area (Å²) in [5, 5.41) is 0. The van der Waals surface area contributed by atoms with Crippen LogP contribution in [0.3, 0.4) is 0 Å². The number of unbranched alkanes of at least 4 members (excludes halogenated alkanes) is 1. The lowest BCUT2D eigenvalue weighted by molar-refractivity contribution is 0.0998. The highest BCUT2D eigenvalue weighted by Gasteiger charge is 2.12. The molecule has 6 heteroatoms. The Balaban J connectivity index is 1.92. The molecule has 1 heterocycles. The summed E-state index contributed by atoms with van der Waals surface area (Å²) in [5.74, 6) is 0.0126. The van der Waals surface area contributed by atoms with Crippen molar-refractivity contribution in [2.24, 2.45) is 4.99 Å². The number of nitrogens with zero attached hydrogens (tertiary/aromatic N) is 2. The van der Waals surface area contributed by atoms with Crippen LogP contribution in [0.5, 0.6) is 5.75 Å². The number of benzene rings is 2. The fraction of sp³-hybridized carbons (Fsp3) is 0.238. The summed E-state index contributed by atoms with van der Waals surface area (Å²) >= 11 is 1.28. The summed E-state index contributed by atoms with van der Waals surface area (Å²) in [7, 11) is 0. The molecule has 0 saturated carbocycles. The molecule has 27 heavy (non-hydrogen) atoms. The lowest BCUT2D eigenvalue weighted by Gasteiger charge is -2.05. The molecule has 140 valence electrons. The van der Waals surface area contributed by atoms with Crippen LogP contribution in [0.1, 0.15) is 30.1 Å². The van der Waals surface area contributed by atoms with Crippen molar-refractivity contribution in [1.82, 2.24) is 4.57 Å². The van der Waals surface area contributed by atoms with Gasteiger partial charge in [-0.1, -0.05) is 36.8 Å². The number of carbonyl (C=O) groups excluding carboxylic acids is 1. The van der Waals surface area contributed by atoms with E-state index in [2.05, 4.69) is 18.5 Å². The van der Waals surface area contributed by atoms with Gasteiger partial charge in [-0.2, -0.15) is 4.99 Å². The average Bonchev–Trinajstić information content (AvgIpc) is 3.01. The Morgan fingerprint density at radius 1 is 1.30 bits per heavy atom. The minimum absolute atomic E-state index is 0.340. The van der Waals surface area contributed by atoms with E-state index >= 15 is 0 Å². The number of thiazole rings is 1. The molecule has 3 aromatic rings. The Kier molecular flexibility index (Phi) is 6.19. The van der Waals surface area contributed by atoms with Crippen LogP contribution in [0.2, 0.25) is 0 Å². The van der Waals surface area contributed by atoms with E-state index in [0.717, 1.165) is 23.3 Å². The fourth-order valence-corrected chi connectivity index (χ4v) is 3.70. The average molecular weight is 384 g/mol. The van der Waals surface area contributed by atoms with Crippen molar-refractivity contribution in [3.8, 4) is 5.75 Å². The van der Waals surface area contributed by atoms with Crippen LogP contribution in [0.25, 0.3) is 10.2 Å². The molecule has 3 rings (SSSR count). The van der Waals surface area contributed by atoms with Crippen molar-refractivity contribution in [3.63, 3.8) is 0 Å². The number of allylic oxidation sites excluding steroid dienone is 1. The summed E-state index contributed by atoms with van der Waals surface area (Å²) < 4.78 is 22.2. The van der Waals surface area contributed by atoms with E-state index in [9.17, 15) is 9.18 Å². The van der Waals surface area contributed by atoms with E-state index in [4.69, 9.17) is 4.74 Å². The summed E-state index contributed by atoms with van der Waals surface area (Å²) in [6.07, 6.45) is 3.71. The maximum atomic E-state index is 14.2. The predicted octanol–water partition coefficient (Wildman–Crippen LogP) is 4.95. The highest BCUT2D eigenvalue weighted by atomic mass is 32.1. The Morgan fingerprint density at radius 3 is 2.78 bits per heavy atom. The van der Waals surface area contributed by atoms with E-state index in [1.807, 2.05) is 6.07 Å². The number of ether oxygens (including phenoxy) is 1. The van der Waals surface area contributed by atoms with E-state index in [1.54, 1.807) is 41.0 Å². The molecular formula is C21H21FN2O2S. The minimum atomic E-state index is -0.375. The second-order valence-electron chi connectivity index (χ2n) is 6.01. The van der Waals surface area contributed by atoms with Gasteiger partial charge >= 0.3 is 0 Å². The third kappa shape index (κ3) is 4.34. The number of halogens is 1. The van der Waals surface area contributed by atoms with Crippen LogP contribution in [0, 0.1) is 5.82 Å². The predicted molar refractivity (Wildman–Crippen MR) is 107 cm³/mol. The highest BCUT2D eigenvalue weighted by Crippen LogP contribution is 2.20. The number of para-hydroxylation sites is 1. The molecule has 0 saturated heterocycles. The van der Waals surface area contributed by atoms with Gasteiger partial charge in [0.2, 0.25) is 0 Å². The molecule has 0 spiro atoms. The number of hydrogen-bond donors (Lipinski definition) is 0.